The second-order valence-corrected chi connectivity index (χ2v) is 17.1. The summed E-state index contributed by atoms with van der Waals surface area (Å²) in [7, 11) is 0. The van der Waals surface area contributed by atoms with E-state index in [9.17, 15) is 0 Å². The van der Waals surface area contributed by atoms with Gasteiger partial charge in [0, 0.05) is 49.9 Å². The predicted molar refractivity (Wildman–Crippen MR) is 254 cm³/mol. The largest absolute Gasteiger partial charge is 0.517 e. The van der Waals surface area contributed by atoms with Crippen LogP contribution in [0.15, 0.2) is 140 Å². The predicted octanol–water partition coefficient (Wildman–Crippen LogP) is 14.2. The van der Waals surface area contributed by atoms with Gasteiger partial charge < -0.3 is 19.1 Å². The summed E-state index contributed by atoms with van der Waals surface area (Å²) in [5, 5.41) is 2.23. The first-order valence-electron chi connectivity index (χ1n) is 24.1. The maximum Gasteiger partial charge on any atom is 0.135 e. The van der Waals surface area contributed by atoms with Gasteiger partial charge in [-0.05, 0) is 113 Å². The number of rotatable bonds is 14. The summed E-state index contributed by atoms with van der Waals surface area (Å²) >= 11 is 0. The number of anilines is 3. The van der Waals surface area contributed by atoms with Gasteiger partial charge in [-0.25, -0.2) is 4.98 Å². The molecule has 0 spiro atoms. The Morgan fingerprint density at radius 1 is 0.774 bits per heavy atom. The second kappa shape index (κ2) is 18.8. The van der Waals surface area contributed by atoms with E-state index in [2.05, 4.69) is 154 Å². The minimum Gasteiger partial charge on any atom is -0.517 e. The first-order chi connectivity index (χ1) is 31.8. The van der Waals surface area contributed by atoms with Crippen molar-refractivity contribution in [2.24, 2.45) is 5.92 Å². The van der Waals surface area contributed by atoms with Crippen LogP contribution in [-0.4, -0.2) is 16.1 Å². The van der Waals surface area contributed by atoms with Crippen molar-refractivity contribution in [1.82, 2.24) is 9.55 Å². The van der Waals surface area contributed by atoms with Crippen LogP contribution in [0.2, 0.25) is 0 Å². The molecule has 0 amide bonds. The molecule has 2 aromatic heterocycles. The van der Waals surface area contributed by atoms with Crippen molar-refractivity contribution >= 4 is 38.9 Å². The summed E-state index contributed by atoms with van der Waals surface area (Å²) in [6, 6.07) is 41.5. The van der Waals surface area contributed by atoms with E-state index in [0.717, 1.165) is 85.3 Å². The molecule has 6 aromatic carbocycles. The fraction of sp³-hybridized carbons (Fsp3) is 0.250. The fourth-order valence-electron chi connectivity index (χ4n) is 8.68. The van der Waals surface area contributed by atoms with E-state index >= 15 is 0 Å². The van der Waals surface area contributed by atoms with E-state index in [-0.39, 0.29) is 68.7 Å². The van der Waals surface area contributed by atoms with Gasteiger partial charge in [0.05, 0.1) is 13.5 Å². The first kappa shape index (κ1) is 37.0. The molecule has 3 heterocycles. The SMILES string of the molecule is [2H]c1c([2H])c([2H])c(-c2cc(C(C)C)cc(C(C)C)c2CCCN2[CH-]N(c3[c-]c(COc4[c-]c5c(cc4)c4ccccc4n5-c4cc(CC(C)C)ccn4)ccc3)c3ccccc32)c([2H])c1[2H].[Pt]. The Hall–Kier alpha value is -5.64. The molecular formula is C56H55N4OPt-3. The van der Waals surface area contributed by atoms with Gasteiger partial charge in [-0.3, -0.25) is 0 Å². The molecule has 0 N–H and O–H groups in total. The van der Waals surface area contributed by atoms with E-state index < -0.39 is 0 Å². The molecule has 0 atom stereocenters. The zero-order valence-electron chi connectivity index (χ0n) is 41.3. The average Bonchev–Trinajstić information content (AvgIpc) is 3.85. The Balaban J connectivity index is 0.00000608. The van der Waals surface area contributed by atoms with Gasteiger partial charge in [-0.2, -0.15) is 37.0 Å². The van der Waals surface area contributed by atoms with E-state index in [0.29, 0.717) is 31.2 Å². The van der Waals surface area contributed by atoms with Crippen molar-refractivity contribution in [3.63, 3.8) is 0 Å². The van der Waals surface area contributed by atoms with Crippen LogP contribution in [-0.2, 0) is 40.5 Å². The Labute approximate surface area is 389 Å². The average molecular weight is 1000 g/mol. The molecule has 9 rings (SSSR count). The second-order valence-electron chi connectivity index (χ2n) is 17.1. The van der Waals surface area contributed by atoms with Gasteiger partial charge in [0.1, 0.15) is 5.82 Å². The smallest absolute Gasteiger partial charge is 0.135 e. The summed E-state index contributed by atoms with van der Waals surface area (Å²) in [4.78, 5) is 9.25. The molecule has 0 radical (unpaired) electrons. The normalized spacial score (nSPS) is 13.7. The topological polar surface area (TPSA) is 33.5 Å². The Bertz CT molecular complexity index is 3080. The number of hydrogen-bond donors (Lipinski definition) is 0. The van der Waals surface area contributed by atoms with Crippen LogP contribution in [0.5, 0.6) is 5.75 Å². The molecule has 0 unspecified atom stereocenters. The quantitative estimate of drug-likeness (QED) is 0.102. The molecule has 62 heavy (non-hydrogen) atoms. The Morgan fingerprint density at radius 2 is 1.56 bits per heavy atom. The van der Waals surface area contributed by atoms with E-state index in [1.807, 2.05) is 30.5 Å². The molecule has 0 saturated carbocycles. The van der Waals surface area contributed by atoms with E-state index in [4.69, 9.17) is 16.6 Å². The molecule has 0 fully saturated rings. The molecule has 0 aliphatic carbocycles. The van der Waals surface area contributed by atoms with Gasteiger partial charge >= 0.3 is 0 Å². The number of fused-ring (bicyclic) bond motifs is 4. The maximum atomic E-state index is 8.91. The molecular weight excluding hydrogens is 940 g/mol. The van der Waals surface area contributed by atoms with Gasteiger partial charge in [-0.1, -0.05) is 120 Å². The summed E-state index contributed by atoms with van der Waals surface area (Å²) in [5.41, 5.74) is 11.4. The van der Waals surface area contributed by atoms with E-state index in [1.165, 1.54) is 5.56 Å². The van der Waals surface area contributed by atoms with Crippen LogP contribution in [0.1, 0.15) is 94.5 Å². The van der Waals surface area contributed by atoms with Crippen LogP contribution in [0, 0.1) is 24.7 Å². The number of nitrogens with zero attached hydrogens (tertiary/aromatic N) is 4. The Kier molecular flexibility index (Phi) is 11.2. The molecule has 1 aliphatic rings. The van der Waals surface area contributed by atoms with Gasteiger partial charge in [0.15, 0.2) is 0 Å². The summed E-state index contributed by atoms with van der Waals surface area (Å²) < 4.78 is 51.7. The van der Waals surface area contributed by atoms with Crippen LogP contribution in [0.25, 0.3) is 38.8 Å². The fourth-order valence-corrected chi connectivity index (χ4v) is 8.68. The zero-order valence-corrected chi connectivity index (χ0v) is 38.5. The standard InChI is InChI=1S/C56H55N4O.Pt/c1-38(2)30-41-27-28-57-56(32-41)60-52-22-11-10-20-48(52)49-26-25-46(35-55(49)60)61-36-42-16-14-19-45(31-42)59-37-58(53-23-12-13-24-54(53)59)29-15-21-47-50(40(5)6)33-44(39(3)4)34-51(47)43-17-8-7-9-18-43;/h7-14,16-20,22-28,32-34,37-40H,15,21,29-30,36H2,1-6H3;/q-3;/i7D,8D,9D,17D,18D;. The van der Waals surface area contributed by atoms with Crippen LogP contribution in [0.4, 0.5) is 17.1 Å². The third kappa shape index (κ3) is 8.83. The number of ether oxygens (including phenoxy) is 1. The summed E-state index contributed by atoms with van der Waals surface area (Å²) in [5.74, 6) is 2.41. The minimum atomic E-state index is -0.379. The monoisotopic (exact) mass is 999 g/mol. The zero-order chi connectivity index (χ0) is 46.4. The van der Waals surface area contributed by atoms with E-state index in [1.54, 1.807) is 0 Å². The van der Waals surface area contributed by atoms with Gasteiger partial charge in [0.2, 0.25) is 0 Å². The molecule has 1 aliphatic heterocycles. The van der Waals surface area contributed by atoms with Crippen molar-refractivity contribution in [3.05, 3.63) is 186 Å². The van der Waals surface area contributed by atoms with Gasteiger partial charge in [0.25, 0.3) is 0 Å². The number of hydrogen-bond acceptors (Lipinski definition) is 4. The van der Waals surface area contributed by atoms with Crippen molar-refractivity contribution in [3.8, 4) is 22.7 Å². The number of aromatic nitrogens is 2. The van der Waals surface area contributed by atoms with Gasteiger partial charge in [-0.15, -0.1) is 28.8 Å². The van der Waals surface area contributed by atoms with Crippen molar-refractivity contribution in [2.75, 3.05) is 16.3 Å². The first-order valence-corrected chi connectivity index (χ1v) is 21.6. The molecule has 0 bridgehead atoms. The van der Waals surface area contributed by atoms with Crippen LogP contribution in [0.3, 0.4) is 0 Å². The third-order valence-electron chi connectivity index (χ3n) is 11.6. The maximum absolute atomic E-state index is 8.91. The summed E-state index contributed by atoms with van der Waals surface area (Å²) in [6.07, 6.45) is 4.30. The third-order valence-corrected chi connectivity index (χ3v) is 11.6. The number of para-hydroxylation sites is 3. The van der Waals surface area contributed by atoms with Crippen LogP contribution < -0.4 is 14.5 Å². The molecule has 6 heteroatoms. The van der Waals surface area contributed by atoms with Crippen molar-refractivity contribution in [1.29, 1.82) is 0 Å². The summed E-state index contributed by atoms with van der Waals surface area (Å²) in [6.45, 7) is 16.2. The van der Waals surface area contributed by atoms with Crippen molar-refractivity contribution in [2.45, 2.75) is 79.2 Å². The van der Waals surface area contributed by atoms with Crippen LogP contribution >= 0.6 is 0 Å². The van der Waals surface area contributed by atoms with Crippen molar-refractivity contribution < 1.29 is 32.7 Å². The number of benzene rings is 6. The molecule has 8 aromatic rings. The molecule has 318 valence electrons. The number of pyridine rings is 1. The molecule has 5 nitrogen and oxygen atoms in total. The molecule has 0 saturated heterocycles. The minimum absolute atomic E-state index is 0. The Morgan fingerprint density at radius 3 is 2.35 bits per heavy atom.